The summed E-state index contributed by atoms with van der Waals surface area (Å²) in [5.74, 6) is -3.28. The zero-order valence-electron chi connectivity index (χ0n) is 34.7. The lowest BCUT2D eigenvalue weighted by molar-refractivity contribution is -0.156. The zero-order chi connectivity index (χ0) is 43.6. The number of nitrogens with one attached hydrogen (secondary N) is 3. The molecule has 0 aromatic heterocycles. The molecule has 2 aromatic carbocycles. The fourth-order valence-corrected chi connectivity index (χ4v) is 7.21. The summed E-state index contributed by atoms with van der Waals surface area (Å²) in [5, 5.41) is 7.70. The number of rotatable bonds is 4. The van der Waals surface area contributed by atoms with Gasteiger partial charge in [0, 0.05) is 31.4 Å². The maximum atomic E-state index is 13.4. The molecule has 7 amide bonds. The summed E-state index contributed by atoms with van der Waals surface area (Å²) in [7, 11) is 0. The van der Waals surface area contributed by atoms with E-state index in [1.165, 1.54) is 22.6 Å². The molecule has 17 heteroatoms. The van der Waals surface area contributed by atoms with Crippen LogP contribution in [-0.4, -0.2) is 113 Å². The number of cyclic esters (lactones) is 1. The number of amides is 7. The molecule has 4 atom stereocenters. The average molecular weight is 828 g/mol. The summed E-state index contributed by atoms with van der Waals surface area (Å²) < 4.78 is 29.7. The van der Waals surface area contributed by atoms with Crippen molar-refractivity contribution in [3.05, 3.63) is 65.2 Å². The molecule has 2 aromatic rings. The van der Waals surface area contributed by atoms with Crippen molar-refractivity contribution in [1.29, 1.82) is 0 Å². The van der Waals surface area contributed by atoms with Gasteiger partial charge in [-0.3, -0.25) is 24.0 Å². The van der Waals surface area contributed by atoms with Crippen molar-refractivity contribution in [2.75, 3.05) is 38.1 Å². The Bertz CT molecular complexity index is 1730. The van der Waals surface area contributed by atoms with Crippen molar-refractivity contribution < 1.29 is 47.1 Å². The Morgan fingerprint density at radius 3 is 2.00 bits per heavy atom. The quantitative estimate of drug-likeness (QED) is 0.332. The average Bonchev–Trinajstić information content (AvgIpc) is 3.92. The summed E-state index contributed by atoms with van der Waals surface area (Å²) in [6.07, 6.45) is 5.54. The summed E-state index contributed by atoms with van der Waals surface area (Å²) in [4.78, 5) is 91.2. The molecule has 4 heterocycles. The molecule has 5 N–H and O–H groups in total. The number of ether oxygens (including phenoxy) is 1. The van der Waals surface area contributed by atoms with Crippen LogP contribution in [0.25, 0.3) is 0 Å². The number of carbonyl (C=O) groups is 7. The number of halogens is 2. The number of primary amides is 1. The summed E-state index contributed by atoms with van der Waals surface area (Å²) >= 11 is 0. The predicted octanol–water partition coefficient (Wildman–Crippen LogP) is 3.96. The van der Waals surface area contributed by atoms with Crippen LogP contribution in [0.5, 0.6) is 0 Å². The number of urea groups is 1. The van der Waals surface area contributed by atoms with Gasteiger partial charge < -0.3 is 41.1 Å². The van der Waals surface area contributed by atoms with Crippen molar-refractivity contribution in [1.82, 2.24) is 25.3 Å². The number of aryl methyl sites for hydroxylation is 2. The molecular weight excluding hydrogens is 768 g/mol. The molecule has 6 rings (SSSR count). The number of hydrogen-bond acceptors (Lipinski definition) is 8. The summed E-state index contributed by atoms with van der Waals surface area (Å²) in [5.41, 5.74) is 7.37. The molecule has 4 unspecified atom stereocenters. The lowest BCUT2D eigenvalue weighted by Crippen LogP contribution is -2.59. The van der Waals surface area contributed by atoms with Crippen molar-refractivity contribution in [3.8, 4) is 0 Å². The molecule has 0 radical (unpaired) electrons. The highest BCUT2D eigenvalue weighted by molar-refractivity contribution is 5.96. The van der Waals surface area contributed by atoms with Crippen LogP contribution in [-0.2, 0) is 39.9 Å². The first kappa shape index (κ1) is 47.8. The van der Waals surface area contributed by atoms with E-state index in [0.29, 0.717) is 56.6 Å². The number of piperidine rings is 1. The van der Waals surface area contributed by atoms with Crippen LogP contribution in [0.15, 0.2) is 42.5 Å². The third-order valence-electron chi connectivity index (χ3n) is 10.1. The maximum absolute atomic E-state index is 13.4. The molecule has 4 aliphatic rings. The van der Waals surface area contributed by atoms with Crippen LogP contribution < -0.4 is 21.7 Å². The zero-order valence-corrected chi connectivity index (χ0v) is 34.7. The Balaban J connectivity index is 0.000000285. The lowest BCUT2D eigenvalue weighted by atomic mass is 9.99. The standard InChI is InChI=1S/C22H32N4O6.C11H15N3O2.C7H6F2.C2H6/c1-14-20(29)26-12-5-8-17(26)22(31)32-13-9-18(27)24-11-4-7-16(24)21(30)25-10-3-2-6-15(25)19(28)23-14;1-2-8-3-5-9(6-4-8)14-11(16)13-7-10(12)15;1-5-2-6(8)4-7(9)3-5;1-2/h14-17H,2-13H2,1H3,(H,23,28);3-6H,2,7H2,1H3,(H2,12,15)(H2,13,14,16);2-4H,1H3;1-2H3. The van der Waals surface area contributed by atoms with E-state index in [0.717, 1.165) is 31.7 Å². The lowest BCUT2D eigenvalue weighted by Gasteiger charge is -2.38. The Morgan fingerprint density at radius 2 is 1.39 bits per heavy atom. The second kappa shape index (κ2) is 23.7. The molecule has 0 aliphatic carbocycles. The van der Waals surface area contributed by atoms with Crippen molar-refractivity contribution in [3.63, 3.8) is 0 Å². The normalized spacial score (nSPS) is 22.0. The first-order chi connectivity index (χ1) is 28.2. The highest BCUT2D eigenvalue weighted by Gasteiger charge is 2.43. The summed E-state index contributed by atoms with van der Waals surface area (Å²) in [6, 6.07) is 7.70. The molecule has 15 nitrogen and oxygen atoms in total. The molecular formula is C42H59F2N7O8. The van der Waals surface area contributed by atoms with Gasteiger partial charge in [0.05, 0.1) is 13.0 Å². The fourth-order valence-electron chi connectivity index (χ4n) is 7.21. The number of hydrogen-bond donors (Lipinski definition) is 4. The van der Waals surface area contributed by atoms with E-state index in [1.54, 1.807) is 23.6 Å². The molecule has 4 aliphatic heterocycles. The molecule has 4 saturated heterocycles. The predicted molar refractivity (Wildman–Crippen MR) is 216 cm³/mol. The second-order valence-corrected chi connectivity index (χ2v) is 14.4. The molecule has 0 spiro atoms. The first-order valence-corrected chi connectivity index (χ1v) is 20.4. The molecule has 59 heavy (non-hydrogen) atoms. The largest absolute Gasteiger partial charge is 0.464 e. The van der Waals surface area contributed by atoms with Gasteiger partial charge in [-0.25, -0.2) is 18.4 Å². The number of anilines is 1. The molecule has 324 valence electrons. The van der Waals surface area contributed by atoms with E-state index in [2.05, 4.69) is 22.9 Å². The Kier molecular flexibility index (Phi) is 19.2. The minimum Gasteiger partial charge on any atom is -0.464 e. The number of benzene rings is 2. The van der Waals surface area contributed by atoms with Crippen LogP contribution in [0.3, 0.4) is 0 Å². The fraction of sp³-hybridized carbons (Fsp3) is 0.548. The molecule has 0 saturated carbocycles. The van der Waals surface area contributed by atoms with Crippen molar-refractivity contribution >= 4 is 47.2 Å². The van der Waals surface area contributed by atoms with Crippen LogP contribution >= 0.6 is 0 Å². The van der Waals surface area contributed by atoms with Gasteiger partial charge in [-0.05, 0) is 101 Å². The van der Waals surface area contributed by atoms with Crippen LogP contribution in [0.2, 0.25) is 0 Å². The van der Waals surface area contributed by atoms with Gasteiger partial charge in [0.2, 0.25) is 29.5 Å². The third kappa shape index (κ3) is 14.3. The summed E-state index contributed by atoms with van der Waals surface area (Å²) in [6.45, 7) is 10.4. The Labute approximate surface area is 344 Å². The number of carbonyl (C=O) groups excluding carboxylic acids is 7. The van der Waals surface area contributed by atoms with E-state index >= 15 is 0 Å². The monoisotopic (exact) mass is 827 g/mol. The first-order valence-electron chi connectivity index (χ1n) is 20.4. The van der Waals surface area contributed by atoms with Crippen LogP contribution in [0, 0.1) is 18.6 Å². The Morgan fingerprint density at radius 1 is 0.814 bits per heavy atom. The van der Waals surface area contributed by atoms with Gasteiger partial charge in [-0.15, -0.1) is 0 Å². The van der Waals surface area contributed by atoms with E-state index in [4.69, 9.17) is 10.5 Å². The van der Waals surface area contributed by atoms with E-state index in [1.807, 2.05) is 38.1 Å². The van der Waals surface area contributed by atoms with Gasteiger partial charge >= 0.3 is 12.0 Å². The van der Waals surface area contributed by atoms with Gasteiger partial charge in [-0.1, -0.05) is 32.9 Å². The van der Waals surface area contributed by atoms with Gasteiger partial charge in [0.15, 0.2) is 0 Å². The number of esters is 1. The minimum atomic E-state index is -0.813. The SMILES string of the molecule is CC.CC1NC(=O)C2CCCCN2C(=O)C2CCCN2C(=O)CCOC(=O)C2CCCN2C1=O.CCc1ccc(NC(=O)NCC(N)=O)cc1.Cc1cc(F)cc(F)c1. The number of fused-ring (bicyclic) bond motifs is 3. The smallest absolute Gasteiger partial charge is 0.328 e. The van der Waals surface area contributed by atoms with Crippen molar-refractivity contribution in [2.24, 2.45) is 5.73 Å². The van der Waals surface area contributed by atoms with Gasteiger partial charge in [-0.2, -0.15) is 0 Å². The topological polar surface area (TPSA) is 201 Å². The van der Waals surface area contributed by atoms with Gasteiger partial charge in [0.1, 0.15) is 42.4 Å². The molecule has 0 bridgehead atoms. The Hall–Kier alpha value is -5.61. The number of nitrogens with zero attached hydrogens (tertiary/aromatic N) is 3. The number of nitrogens with two attached hydrogens (primary N) is 1. The van der Waals surface area contributed by atoms with Gasteiger partial charge in [0.25, 0.3) is 0 Å². The van der Waals surface area contributed by atoms with E-state index in [9.17, 15) is 42.3 Å². The van der Waals surface area contributed by atoms with E-state index < -0.39 is 53.7 Å². The van der Waals surface area contributed by atoms with E-state index in [-0.39, 0.29) is 43.2 Å². The minimum absolute atomic E-state index is 0.00347. The third-order valence-corrected chi connectivity index (χ3v) is 10.1. The molecule has 4 fully saturated rings. The van der Waals surface area contributed by atoms with Crippen molar-refractivity contribution in [2.45, 2.75) is 117 Å². The highest BCUT2D eigenvalue weighted by atomic mass is 19.1. The van der Waals surface area contributed by atoms with Crippen LogP contribution in [0.4, 0.5) is 19.3 Å². The van der Waals surface area contributed by atoms with Crippen LogP contribution in [0.1, 0.15) is 90.2 Å². The second-order valence-electron chi connectivity index (χ2n) is 14.4. The maximum Gasteiger partial charge on any atom is 0.328 e. The highest BCUT2D eigenvalue weighted by Crippen LogP contribution is 2.26.